The Morgan fingerprint density at radius 3 is 3.26 bits per heavy atom. The first kappa shape index (κ1) is 11.2. The Morgan fingerprint density at radius 1 is 1.37 bits per heavy atom. The number of hydrogen-bond acceptors (Lipinski definition) is 5. The van der Waals surface area contributed by atoms with Crippen LogP contribution in [-0.2, 0) is 13.0 Å². The van der Waals surface area contributed by atoms with Crippen LogP contribution in [0.2, 0.25) is 5.28 Å². The molecule has 7 heteroatoms. The van der Waals surface area contributed by atoms with E-state index in [-0.39, 0.29) is 5.28 Å². The second-order valence-electron chi connectivity index (χ2n) is 4.46. The van der Waals surface area contributed by atoms with Crippen molar-refractivity contribution in [2.45, 2.75) is 13.0 Å². The van der Waals surface area contributed by atoms with Gasteiger partial charge in [-0.2, -0.15) is 9.97 Å². The third-order valence-corrected chi connectivity index (χ3v) is 4.54. The van der Waals surface area contributed by atoms with Gasteiger partial charge in [-0.15, -0.1) is 11.3 Å². The molecule has 0 radical (unpaired) electrons. The molecule has 0 aliphatic carbocycles. The monoisotopic (exact) mass is 291 g/mol. The van der Waals surface area contributed by atoms with Crippen LogP contribution in [0.15, 0.2) is 17.8 Å². The van der Waals surface area contributed by atoms with Crippen molar-refractivity contribution in [3.8, 4) is 0 Å². The lowest BCUT2D eigenvalue weighted by Gasteiger charge is -2.28. The van der Waals surface area contributed by atoms with E-state index < -0.39 is 0 Å². The largest absolute Gasteiger partial charge is 0.350 e. The minimum atomic E-state index is 0.241. The van der Waals surface area contributed by atoms with Gasteiger partial charge >= 0.3 is 0 Å². The molecule has 1 aliphatic heterocycles. The highest BCUT2D eigenvalue weighted by Crippen LogP contribution is 2.30. The fraction of sp³-hybridized carbons (Fsp3) is 0.250. The highest BCUT2D eigenvalue weighted by Gasteiger charge is 2.21. The summed E-state index contributed by atoms with van der Waals surface area (Å²) >= 11 is 7.80. The van der Waals surface area contributed by atoms with E-state index in [0.29, 0.717) is 5.65 Å². The zero-order valence-corrected chi connectivity index (χ0v) is 11.5. The zero-order valence-electron chi connectivity index (χ0n) is 9.93. The van der Waals surface area contributed by atoms with Gasteiger partial charge in [-0.25, -0.2) is 4.98 Å². The smallest absolute Gasteiger partial charge is 0.226 e. The third kappa shape index (κ3) is 1.79. The fourth-order valence-electron chi connectivity index (χ4n) is 2.45. The quantitative estimate of drug-likeness (QED) is 0.700. The summed E-state index contributed by atoms with van der Waals surface area (Å²) < 4.78 is 0. The first-order valence-corrected chi connectivity index (χ1v) is 7.24. The first-order valence-electron chi connectivity index (χ1n) is 5.98. The van der Waals surface area contributed by atoms with Crippen LogP contribution in [0.3, 0.4) is 0 Å². The van der Waals surface area contributed by atoms with E-state index in [9.17, 15) is 0 Å². The molecule has 96 valence electrons. The zero-order chi connectivity index (χ0) is 12.8. The Labute approximate surface area is 118 Å². The van der Waals surface area contributed by atoms with Crippen molar-refractivity contribution in [3.05, 3.63) is 33.5 Å². The van der Waals surface area contributed by atoms with E-state index in [1.54, 1.807) is 6.33 Å². The predicted molar refractivity (Wildman–Crippen MR) is 75.8 cm³/mol. The average Bonchev–Trinajstić information content (AvgIpc) is 3.04. The predicted octanol–water partition coefficient (Wildman–Crippen LogP) is 2.63. The van der Waals surface area contributed by atoms with Gasteiger partial charge in [0.15, 0.2) is 11.5 Å². The molecule has 4 heterocycles. The van der Waals surface area contributed by atoms with Crippen molar-refractivity contribution in [2.24, 2.45) is 0 Å². The van der Waals surface area contributed by atoms with Crippen LogP contribution in [0.5, 0.6) is 0 Å². The Kier molecular flexibility index (Phi) is 2.46. The van der Waals surface area contributed by atoms with Crippen LogP contribution in [0.25, 0.3) is 11.2 Å². The molecule has 1 aliphatic rings. The molecule has 5 nitrogen and oxygen atoms in total. The number of H-pyrrole nitrogens is 1. The van der Waals surface area contributed by atoms with Crippen molar-refractivity contribution in [1.29, 1.82) is 0 Å². The number of imidazole rings is 1. The van der Waals surface area contributed by atoms with Gasteiger partial charge in [0.2, 0.25) is 5.28 Å². The van der Waals surface area contributed by atoms with E-state index in [1.807, 2.05) is 11.3 Å². The number of aromatic amines is 1. The molecule has 0 unspecified atom stereocenters. The molecule has 0 spiro atoms. The lowest BCUT2D eigenvalue weighted by Crippen LogP contribution is -2.30. The minimum Gasteiger partial charge on any atom is -0.350 e. The van der Waals surface area contributed by atoms with Gasteiger partial charge in [0.05, 0.1) is 6.33 Å². The Bertz CT molecular complexity index is 750. The van der Waals surface area contributed by atoms with Crippen molar-refractivity contribution >= 4 is 39.9 Å². The number of anilines is 1. The number of halogens is 1. The number of nitrogens with one attached hydrogen (secondary N) is 1. The molecule has 3 aromatic rings. The van der Waals surface area contributed by atoms with Gasteiger partial charge < -0.3 is 9.88 Å². The molecule has 4 rings (SSSR count). The van der Waals surface area contributed by atoms with E-state index in [0.717, 1.165) is 30.8 Å². The Morgan fingerprint density at radius 2 is 2.32 bits per heavy atom. The Hall–Kier alpha value is -1.66. The van der Waals surface area contributed by atoms with Crippen LogP contribution in [0.1, 0.15) is 10.4 Å². The first-order chi connectivity index (χ1) is 9.31. The number of fused-ring (bicyclic) bond motifs is 2. The third-order valence-electron chi connectivity index (χ3n) is 3.35. The molecule has 0 amide bonds. The minimum absolute atomic E-state index is 0.241. The molecule has 3 aromatic heterocycles. The number of aromatic nitrogens is 4. The summed E-state index contributed by atoms with van der Waals surface area (Å²) in [5, 5.41) is 2.39. The normalized spacial score (nSPS) is 14.9. The molecule has 0 aromatic carbocycles. The van der Waals surface area contributed by atoms with Crippen LogP contribution < -0.4 is 4.90 Å². The molecule has 1 N–H and O–H groups in total. The molecule has 19 heavy (non-hydrogen) atoms. The van der Waals surface area contributed by atoms with Crippen molar-refractivity contribution in [1.82, 2.24) is 19.9 Å². The van der Waals surface area contributed by atoms with Crippen molar-refractivity contribution in [3.63, 3.8) is 0 Å². The standard InChI is InChI=1S/C12H10ClN5S/c13-12-16-10-9(14-6-15-10)11(17-12)18-3-1-8-7(5-18)2-4-19-8/h2,4,6H,1,3,5H2,(H,14,15,16,17). The molecular weight excluding hydrogens is 282 g/mol. The van der Waals surface area contributed by atoms with Crippen LogP contribution >= 0.6 is 22.9 Å². The van der Waals surface area contributed by atoms with Crippen LogP contribution in [0.4, 0.5) is 5.82 Å². The number of rotatable bonds is 1. The summed E-state index contributed by atoms with van der Waals surface area (Å²) in [6, 6.07) is 2.18. The van der Waals surface area contributed by atoms with Gasteiger partial charge in [-0.05, 0) is 35.0 Å². The highest BCUT2D eigenvalue weighted by atomic mass is 35.5. The van der Waals surface area contributed by atoms with Gasteiger partial charge in [-0.3, -0.25) is 0 Å². The summed E-state index contributed by atoms with van der Waals surface area (Å²) in [5.74, 6) is 0.837. The maximum absolute atomic E-state index is 5.98. The molecule has 0 bridgehead atoms. The highest BCUT2D eigenvalue weighted by molar-refractivity contribution is 7.10. The molecular formula is C12H10ClN5S. The number of thiophene rings is 1. The second-order valence-corrected chi connectivity index (χ2v) is 5.80. The summed E-state index contributed by atoms with van der Waals surface area (Å²) in [7, 11) is 0. The lowest BCUT2D eigenvalue weighted by atomic mass is 10.1. The second kappa shape index (κ2) is 4.18. The van der Waals surface area contributed by atoms with E-state index in [2.05, 4.69) is 36.3 Å². The molecule has 0 atom stereocenters. The maximum atomic E-state index is 5.98. The number of hydrogen-bond donors (Lipinski definition) is 1. The molecule has 0 saturated carbocycles. The van der Waals surface area contributed by atoms with E-state index in [1.165, 1.54) is 10.4 Å². The molecule has 0 fully saturated rings. The van der Waals surface area contributed by atoms with Gasteiger partial charge in [0, 0.05) is 18.0 Å². The summed E-state index contributed by atoms with van der Waals surface area (Å²) in [5.41, 5.74) is 2.84. The maximum Gasteiger partial charge on any atom is 0.226 e. The van der Waals surface area contributed by atoms with Crippen LogP contribution in [0, 0.1) is 0 Å². The lowest BCUT2D eigenvalue weighted by molar-refractivity contribution is 0.733. The van der Waals surface area contributed by atoms with Crippen molar-refractivity contribution in [2.75, 3.05) is 11.4 Å². The summed E-state index contributed by atoms with van der Waals surface area (Å²) in [6.45, 7) is 1.80. The molecule has 0 saturated heterocycles. The van der Waals surface area contributed by atoms with Gasteiger partial charge in [0.25, 0.3) is 0 Å². The SMILES string of the molecule is Clc1nc(N2CCc3sccc3C2)c2[nH]cnc2n1. The van der Waals surface area contributed by atoms with E-state index >= 15 is 0 Å². The average molecular weight is 292 g/mol. The van der Waals surface area contributed by atoms with Crippen LogP contribution in [-0.4, -0.2) is 26.5 Å². The Balaban J connectivity index is 1.81. The van der Waals surface area contributed by atoms with Gasteiger partial charge in [0.1, 0.15) is 5.52 Å². The van der Waals surface area contributed by atoms with E-state index in [4.69, 9.17) is 11.6 Å². The summed E-state index contributed by atoms with van der Waals surface area (Å²) in [6.07, 6.45) is 2.67. The topological polar surface area (TPSA) is 57.7 Å². The fourth-order valence-corrected chi connectivity index (χ4v) is 3.50. The van der Waals surface area contributed by atoms with Gasteiger partial charge in [-0.1, -0.05) is 0 Å². The number of nitrogens with zero attached hydrogens (tertiary/aromatic N) is 4. The van der Waals surface area contributed by atoms with Crippen molar-refractivity contribution < 1.29 is 0 Å². The summed E-state index contributed by atoms with van der Waals surface area (Å²) in [4.78, 5) is 19.4.